The molecule has 0 radical (unpaired) electrons. The van der Waals surface area contributed by atoms with Gasteiger partial charge in [0.15, 0.2) is 6.61 Å². The minimum Gasteiger partial charge on any atom is -0.455 e. The molecule has 0 amide bonds. The second kappa shape index (κ2) is 8.90. The molecular formula is C14H15Cl2F3N2O2. The van der Waals surface area contributed by atoms with Crippen molar-refractivity contribution in [3.05, 3.63) is 42.1 Å². The molecule has 0 saturated heterocycles. The first kappa shape index (κ1) is 21.4. The zero-order chi connectivity index (χ0) is 15.5. The quantitative estimate of drug-likeness (QED) is 0.840. The maximum Gasteiger partial charge on any atom is 0.422 e. The molecule has 1 atom stereocenters. The Morgan fingerprint density at radius 2 is 1.87 bits per heavy atom. The van der Waals surface area contributed by atoms with Crippen molar-refractivity contribution in [3.8, 4) is 0 Å². The lowest BCUT2D eigenvalue weighted by Gasteiger charge is -2.13. The summed E-state index contributed by atoms with van der Waals surface area (Å²) in [5, 5.41) is 0.867. The lowest BCUT2D eigenvalue weighted by atomic mass is 10.0. The van der Waals surface area contributed by atoms with Crippen LogP contribution in [0.3, 0.4) is 0 Å². The molecule has 0 spiro atoms. The summed E-state index contributed by atoms with van der Waals surface area (Å²) < 4.78 is 40.1. The van der Waals surface area contributed by atoms with E-state index in [4.69, 9.17) is 5.73 Å². The summed E-state index contributed by atoms with van der Waals surface area (Å²) in [6.07, 6.45) is -2.90. The van der Waals surface area contributed by atoms with Gasteiger partial charge in [-0.2, -0.15) is 13.2 Å². The number of halogens is 5. The molecule has 0 aliphatic rings. The van der Waals surface area contributed by atoms with E-state index in [1.807, 2.05) is 12.1 Å². The molecule has 4 nitrogen and oxygen atoms in total. The molecule has 1 heterocycles. The van der Waals surface area contributed by atoms with Crippen LogP contribution in [0.2, 0.25) is 0 Å². The maximum atomic E-state index is 12.0. The van der Waals surface area contributed by atoms with E-state index in [0.29, 0.717) is 11.1 Å². The minimum absolute atomic E-state index is 0. The Kier molecular flexibility index (Phi) is 8.30. The van der Waals surface area contributed by atoms with Crippen molar-refractivity contribution in [1.82, 2.24) is 4.98 Å². The van der Waals surface area contributed by atoms with Crippen molar-refractivity contribution in [2.75, 3.05) is 6.61 Å². The molecule has 1 aromatic carbocycles. The largest absolute Gasteiger partial charge is 0.455 e. The highest BCUT2D eigenvalue weighted by atomic mass is 35.5. The van der Waals surface area contributed by atoms with Gasteiger partial charge in [-0.1, -0.05) is 24.3 Å². The number of benzene rings is 1. The Morgan fingerprint density at radius 3 is 2.52 bits per heavy atom. The van der Waals surface area contributed by atoms with Crippen LogP contribution < -0.4 is 5.73 Å². The third kappa shape index (κ3) is 6.21. The van der Waals surface area contributed by atoms with Crippen LogP contribution in [0, 0.1) is 0 Å². The van der Waals surface area contributed by atoms with E-state index < -0.39 is 24.8 Å². The number of rotatable bonds is 4. The lowest BCUT2D eigenvalue weighted by Crippen LogP contribution is -2.36. The number of hydrogen-bond acceptors (Lipinski definition) is 4. The zero-order valence-electron chi connectivity index (χ0n) is 11.7. The fraction of sp³-hybridized carbons (Fsp3) is 0.286. The number of para-hydroxylation sites is 1. The number of fused-ring (bicyclic) bond motifs is 1. The number of ether oxygens (including phenoxy) is 1. The number of pyridine rings is 1. The van der Waals surface area contributed by atoms with E-state index >= 15 is 0 Å². The maximum absolute atomic E-state index is 12.0. The Hall–Kier alpha value is -1.57. The van der Waals surface area contributed by atoms with Gasteiger partial charge in [0.2, 0.25) is 0 Å². The summed E-state index contributed by atoms with van der Waals surface area (Å²) in [7, 11) is 0. The van der Waals surface area contributed by atoms with Crippen LogP contribution in [-0.4, -0.2) is 29.8 Å². The van der Waals surface area contributed by atoms with Crippen LogP contribution in [0.5, 0.6) is 0 Å². The van der Waals surface area contributed by atoms with Crippen LogP contribution in [0.25, 0.3) is 10.9 Å². The van der Waals surface area contributed by atoms with E-state index in [1.165, 1.54) is 0 Å². The number of hydrogen-bond donors (Lipinski definition) is 1. The molecular weight excluding hydrogens is 356 g/mol. The van der Waals surface area contributed by atoms with Crippen molar-refractivity contribution in [1.29, 1.82) is 0 Å². The Balaban J connectivity index is 0.00000242. The number of carbonyl (C=O) groups is 1. The molecule has 0 aliphatic carbocycles. The van der Waals surface area contributed by atoms with Gasteiger partial charge in [0.1, 0.15) is 6.04 Å². The smallest absolute Gasteiger partial charge is 0.422 e. The summed E-state index contributed by atoms with van der Waals surface area (Å²) in [5.41, 5.74) is 6.95. The molecule has 0 bridgehead atoms. The monoisotopic (exact) mass is 370 g/mol. The van der Waals surface area contributed by atoms with Crippen LogP contribution in [-0.2, 0) is 16.0 Å². The highest BCUT2D eigenvalue weighted by Gasteiger charge is 2.30. The van der Waals surface area contributed by atoms with Gasteiger partial charge in [0.25, 0.3) is 0 Å². The Morgan fingerprint density at radius 1 is 1.22 bits per heavy atom. The summed E-state index contributed by atoms with van der Waals surface area (Å²) in [6, 6.07) is 7.79. The fourth-order valence-corrected chi connectivity index (χ4v) is 1.91. The van der Waals surface area contributed by atoms with Gasteiger partial charge in [-0.3, -0.25) is 9.78 Å². The van der Waals surface area contributed by atoms with Crippen LogP contribution in [0.1, 0.15) is 5.56 Å². The molecule has 128 valence electrons. The first-order valence-electron chi connectivity index (χ1n) is 6.18. The highest BCUT2D eigenvalue weighted by Crippen LogP contribution is 2.18. The van der Waals surface area contributed by atoms with Gasteiger partial charge in [0.05, 0.1) is 5.52 Å². The number of esters is 1. The minimum atomic E-state index is -4.56. The molecule has 2 N–H and O–H groups in total. The number of nitrogens with two attached hydrogens (primary N) is 1. The van der Waals surface area contributed by atoms with Crippen LogP contribution >= 0.6 is 24.8 Å². The SMILES string of the molecule is Cl.Cl.N[C@@H](Cc1cccc2cccnc12)C(=O)OCC(F)(F)F. The van der Waals surface area contributed by atoms with E-state index in [0.717, 1.165) is 5.39 Å². The second-order valence-corrected chi connectivity index (χ2v) is 4.53. The predicted molar refractivity (Wildman–Crippen MR) is 84.9 cm³/mol. The van der Waals surface area contributed by atoms with Crippen LogP contribution in [0.4, 0.5) is 13.2 Å². The molecule has 2 rings (SSSR count). The van der Waals surface area contributed by atoms with Crippen molar-refractivity contribution in [3.63, 3.8) is 0 Å². The molecule has 2 aromatic rings. The Bertz CT molecular complexity index is 648. The topological polar surface area (TPSA) is 65.2 Å². The van der Waals surface area contributed by atoms with Crippen LogP contribution in [0.15, 0.2) is 36.5 Å². The number of carbonyl (C=O) groups excluding carboxylic acids is 1. The first-order valence-corrected chi connectivity index (χ1v) is 6.18. The normalized spacial score (nSPS) is 12.0. The van der Waals surface area contributed by atoms with E-state index in [1.54, 1.807) is 24.4 Å². The third-order valence-corrected chi connectivity index (χ3v) is 2.84. The summed E-state index contributed by atoms with van der Waals surface area (Å²) in [5.74, 6) is -1.08. The third-order valence-electron chi connectivity index (χ3n) is 2.84. The fourth-order valence-electron chi connectivity index (χ4n) is 1.91. The molecule has 23 heavy (non-hydrogen) atoms. The number of aromatic nitrogens is 1. The molecule has 0 fully saturated rings. The van der Waals surface area contributed by atoms with Crippen molar-refractivity contribution in [2.24, 2.45) is 5.73 Å². The lowest BCUT2D eigenvalue weighted by molar-refractivity contribution is -0.187. The summed E-state index contributed by atoms with van der Waals surface area (Å²) in [4.78, 5) is 15.7. The van der Waals surface area contributed by atoms with E-state index in [-0.39, 0.29) is 31.2 Å². The van der Waals surface area contributed by atoms with Gasteiger partial charge in [-0.15, -0.1) is 24.8 Å². The van der Waals surface area contributed by atoms with Crippen molar-refractivity contribution >= 4 is 41.7 Å². The number of alkyl halides is 3. The van der Waals surface area contributed by atoms with Crippen molar-refractivity contribution < 1.29 is 22.7 Å². The second-order valence-electron chi connectivity index (χ2n) is 4.53. The van der Waals surface area contributed by atoms with Gasteiger partial charge >= 0.3 is 12.1 Å². The van der Waals surface area contributed by atoms with Gasteiger partial charge in [-0.25, -0.2) is 0 Å². The highest BCUT2D eigenvalue weighted by molar-refractivity contribution is 5.85. The average molecular weight is 371 g/mol. The van der Waals surface area contributed by atoms with Crippen molar-refractivity contribution in [2.45, 2.75) is 18.6 Å². The molecule has 9 heteroatoms. The van der Waals surface area contributed by atoms with Gasteiger partial charge < -0.3 is 10.5 Å². The predicted octanol–water partition coefficient (Wildman–Crippen LogP) is 3.05. The molecule has 0 unspecified atom stereocenters. The Labute approximate surface area is 143 Å². The zero-order valence-corrected chi connectivity index (χ0v) is 13.4. The molecule has 1 aromatic heterocycles. The van der Waals surface area contributed by atoms with E-state index in [2.05, 4.69) is 9.72 Å². The summed E-state index contributed by atoms with van der Waals surface area (Å²) in [6.45, 7) is -1.63. The molecule has 0 aliphatic heterocycles. The van der Waals surface area contributed by atoms with Gasteiger partial charge in [0, 0.05) is 18.0 Å². The number of nitrogens with zero attached hydrogens (tertiary/aromatic N) is 1. The molecule has 0 saturated carbocycles. The average Bonchev–Trinajstić information content (AvgIpc) is 2.44. The summed E-state index contributed by atoms with van der Waals surface area (Å²) >= 11 is 0. The first-order chi connectivity index (χ1) is 9.87. The van der Waals surface area contributed by atoms with E-state index in [9.17, 15) is 18.0 Å². The standard InChI is InChI=1S/C14H13F3N2O2.2ClH/c15-14(16,17)8-21-13(20)11(18)7-10-4-1-3-9-5-2-6-19-12(9)10;;/h1-6,11H,7-8,18H2;2*1H/t11-;;/m0../s1. The van der Waals surface area contributed by atoms with Gasteiger partial charge in [-0.05, 0) is 11.6 Å².